The summed E-state index contributed by atoms with van der Waals surface area (Å²) >= 11 is 0. The van der Waals surface area contributed by atoms with Crippen molar-refractivity contribution in [2.45, 2.75) is 38.0 Å². The van der Waals surface area contributed by atoms with E-state index in [1.54, 1.807) is 6.07 Å². The molecule has 0 aliphatic carbocycles. The molecule has 0 bridgehead atoms. The van der Waals surface area contributed by atoms with Gasteiger partial charge in [0.15, 0.2) is 0 Å². The van der Waals surface area contributed by atoms with Crippen molar-refractivity contribution >= 4 is 15.7 Å². The summed E-state index contributed by atoms with van der Waals surface area (Å²) in [5.41, 5.74) is 6.04. The first-order valence-electron chi connectivity index (χ1n) is 6.80. The molecule has 114 valence electrons. The fraction of sp³-hybridized carbons (Fsp3) is 0.571. The first-order valence-corrected chi connectivity index (χ1v) is 8.28. The van der Waals surface area contributed by atoms with Crippen LogP contribution in [0, 0.1) is 5.92 Å². The zero-order chi connectivity index (χ0) is 15.2. The molecule has 20 heavy (non-hydrogen) atoms. The van der Waals surface area contributed by atoms with Crippen molar-refractivity contribution in [3.8, 4) is 5.75 Å². The molecule has 1 aromatic carbocycles. The molecule has 0 saturated heterocycles. The number of nitrogen functional groups attached to an aromatic ring is 1. The first-order chi connectivity index (χ1) is 9.36. The Morgan fingerprint density at radius 2 is 2.00 bits per heavy atom. The lowest BCUT2D eigenvalue weighted by Crippen LogP contribution is -2.25. The van der Waals surface area contributed by atoms with Crippen molar-refractivity contribution in [3.63, 3.8) is 0 Å². The van der Waals surface area contributed by atoms with Gasteiger partial charge in [0.2, 0.25) is 10.0 Å². The van der Waals surface area contributed by atoms with Crippen LogP contribution in [0.4, 0.5) is 5.69 Å². The van der Waals surface area contributed by atoms with E-state index in [0.29, 0.717) is 23.9 Å². The van der Waals surface area contributed by atoms with Crippen LogP contribution in [0.3, 0.4) is 0 Å². The summed E-state index contributed by atoms with van der Waals surface area (Å²) < 4.78 is 31.7. The van der Waals surface area contributed by atoms with Gasteiger partial charge in [0.1, 0.15) is 5.75 Å². The molecule has 0 aliphatic heterocycles. The molecule has 0 aliphatic rings. The van der Waals surface area contributed by atoms with E-state index in [9.17, 15) is 8.42 Å². The summed E-state index contributed by atoms with van der Waals surface area (Å²) in [6, 6.07) is 4.46. The molecule has 0 heterocycles. The van der Waals surface area contributed by atoms with E-state index in [-0.39, 0.29) is 4.90 Å². The summed E-state index contributed by atoms with van der Waals surface area (Å²) in [5, 5.41) is 0. The van der Waals surface area contributed by atoms with Crippen LogP contribution in [0.15, 0.2) is 23.1 Å². The lowest BCUT2D eigenvalue weighted by atomic mass is 10.1. The maximum absolute atomic E-state index is 12.1. The number of nitrogens with one attached hydrogen (secondary N) is 1. The fourth-order valence-electron chi connectivity index (χ4n) is 1.85. The molecule has 0 atom stereocenters. The molecule has 0 radical (unpaired) electrons. The van der Waals surface area contributed by atoms with Crippen LogP contribution in [-0.4, -0.2) is 22.1 Å². The summed E-state index contributed by atoms with van der Waals surface area (Å²) in [4.78, 5) is 0.166. The largest absolute Gasteiger partial charge is 0.495 e. The number of ether oxygens (including phenoxy) is 1. The Bertz CT molecular complexity index is 527. The molecule has 1 aromatic rings. The molecular weight excluding hydrogens is 276 g/mol. The number of sulfonamides is 1. The number of nitrogens with two attached hydrogens (primary N) is 1. The number of methoxy groups -OCH3 is 1. The van der Waals surface area contributed by atoms with Gasteiger partial charge in [0.05, 0.1) is 17.7 Å². The fourth-order valence-corrected chi connectivity index (χ4v) is 2.96. The Balaban J connectivity index is 2.58. The molecule has 0 aromatic heterocycles. The van der Waals surface area contributed by atoms with E-state index in [2.05, 4.69) is 18.6 Å². The van der Waals surface area contributed by atoms with E-state index in [4.69, 9.17) is 10.5 Å². The van der Waals surface area contributed by atoms with Gasteiger partial charge in [-0.25, -0.2) is 13.1 Å². The predicted molar refractivity (Wildman–Crippen MR) is 81.3 cm³/mol. The van der Waals surface area contributed by atoms with Gasteiger partial charge in [-0.2, -0.15) is 0 Å². The highest BCUT2D eigenvalue weighted by Gasteiger charge is 2.14. The van der Waals surface area contributed by atoms with Crippen molar-refractivity contribution in [1.82, 2.24) is 4.72 Å². The van der Waals surface area contributed by atoms with Gasteiger partial charge < -0.3 is 10.5 Å². The zero-order valence-electron chi connectivity index (χ0n) is 12.3. The lowest BCUT2D eigenvalue weighted by Gasteiger charge is -2.10. The summed E-state index contributed by atoms with van der Waals surface area (Å²) in [5.74, 6) is 1.12. The predicted octanol–water partition coefficient (Wildman–Crippen LogP) is 2.38. The third-order valence-electron chi connectivity index (χ3n) is 3.01. The molecular formula is C14H24N2O3S. The van der Waals surface area contributed by atoms with Crippen molar-refractivity contribution in [2.75, 3.05) is 19.4 Å². The van der Waals surface area contributed by atoms with Crippen LogP contribution in [0.1, 0.15) is 33.1 Å². The van der Waals surface area contributed by atoms with Crippen molar-refractivity contribution in [3.05, 3.63) is 18.2 Å². The number of benzene rings is 1. The van der Waals surface area contributed by atoms with Crippen LogP contribution < -0.4 is 15.2 Å². The lowest BCUT2D eigenvalue weighted by molar-refractivity contribution is 0.416. The number of hydrogen-bond donors (Lipinski definition) is 2. The first kappa shape index (κ1) is 16.8. The molecule has 0 fully saturated rings. The number of rotatable bonds is 8. The Labute approximate surface area is 121 Å². The highest BCUT2D eigenvalue weighted by Crippen LogP contribution is 2.24. The second-order valence-electron chi connectivity index (χ2n) is 5.19. The maximum atomic E-state index is 12.1. The van der Waals surface area contributed by atoms with Gasteiger partial charge in [-0.1, -0.05) is 26.7 Å². The SMILES string of the molecule is COc1ccc(S(=O)(=O)NCCCCC(C)C)cc1N. The average molecular weight is 300 g/mol. The molecule has 3 N–H and O–H groups in total. The Morgan fingerprint density at radius 1 is 1.30 bits per heavy atom. The monoisotopic (exact) mass is 300 g/mol. The number of anilines is 1. The van der Waals surface area contributed by atoms with Gasteiger partial charge in [-0.3, -0.25) is 0 Å². The highest BCUT2D eigenvalue weighted by atomic mass is 32.2. The quantitative estimate of drug-likeness (QED) is 0.570. The molecule has 0 spiro atoms. The topological polar surface area (TPSA) is 81.4 Å². The molecule has 0 unspecified atom stereocenters. The normalized spacial score (nSPS) is 11.8. The van der Waals surface area contributed by atoms with Crippen LogP contribution in [0.5, 0.6) is 5.75 Å². The molecule has 0 amide bonds. The van der Waals surface area contributed by atoms with E-state index in [1.165, 1.54) is 19.2 Å². The number of hydrogen-bond acceptors (Lipinski definition) is 4. The molecule has 1 rings (SSSR count). The smallest absolute Gasteiger partial charge is 0.240 e. The van der Waals surface area contributed by atoms with E-state index in [1.807, 2.05) is 0 Å². The highest BCUT2D eigenvalue weighted by molar-refractivity contribution is 7.89. The second-order valence-corrected chi connectivity index (χ2v) is 6.96. The minimum absolute atomic E-state index is 0.166. The molecule has 0 saturated carbocycles. The van der Waals surface area contributed by atoms with Crippen LogP contribution in [-0.2, 0) is 10.0 Å². The summed E-state index contributed by atoms with van der Waals surface area (Å²) in [6.07, 6.45) is 2.96. The van der Waals surface area contributed by atoms with Crippen molar-refractivity contribution in [1.29, 1.82) is 0 Å². The Morgan fingerprint density at radius 3 is 2.55 bits per heavy atom. The minimum Gasteiger partial charge on any atom is -0.495 e. The summed E-state index contributed by atoms with van der Waals surface area (Å²) in [6.45, 7) is 4.76. The molecule has 5 nitrogen and oxygen atoms in total. The third-order valence-corrected chi connectivity index (χ3v) is 4.47. The van der Waals surface area contributed by atoms with Crippen molar-refractivity contribution in [2.24, 2.45) is 5.92 Å². The van der Waals surface area contributed by atoms with Gasteiger partial charge >= 0.3 is 0 Å². The number of unbranched alkanes of at least 4 members (excludes halogenated alkanes) is 1. The zero-order valence-corrected chi connectivity index (χ0v) is 13.2. The van der Waals surface area contributed by atoms with Gasteiger partial charge in [0.25, 0.3) is 0 Å². The van der Waals surface area contributed by atoms with Gasteiger partial charge in [-0.05, 0) is 30.5 Å². The van der Waals surface area contributed by atoms with E-state index >= 15 is 0 Å². The van der Waals surface area contributed by atoms with Crippen LogP contribution >= 0.6 is 0 Å². The van der Waals surface area contributed by atoms with E-state index in [0.717, 1.165) is 19.3 Å². The minimum atomic E-state index is -3.49. The summed E-state index contributed by atoms with van der Waals surface area (Å²) in [7, 11) is -2.00. The van der Waals surface area contributed by atoms with Crippen LogP contribution in [0.25, 0.3) is 0 Å². The Kier molecular flexibility index (Phi) is 6.29. The standard InChI is InChI=1S/C14H24N2O3S/c1-11(2)6-4-5-9-16-20(17,18)12-7-8-14(19-3)13(15)10-12/h7-8,10-11,16H,4-6,9,15H2,1-3H3. The molecule has 6 heteroatoms. The average Bonchev–Trinajstić information content (AvgIpc) is 2.37. The van der Waals surface area contributed by atoms with Gasteiger partial charge in [0, 0.05) is 6.54 Å². The van der Waals surface area contributed by atoms with Crippen molar-refractivity contribution < 1.29 is 13.2 Å². The Hall–Kier alpha value is -1.27. The van der Waals surface area contributed by atoms with Crippen LogP contribution in [0.2, 0.25) is 0 Å². The third kappa shape index (κ3) is 5.02. The van der Waals surface area contributed by atoms with Gasteiger partial charge in [-0.15, -0.1) is 0 Å². The maximum Gasteiger partial charge on any atom is 0.240 e. The second kappa shape index (κ2) is 7.50. The van der Waals surface area contributed by atoms with E-state index < -0.39 is 10.0 Å².